The van der Waals surface area contributed by atoms with E-state index < -0.39 is 0 Å². The summed E-state index contributed by atoms with van der Waals surface area (Å²) in [6, 6.07) is 14.9. The molecule has 0 aliphatic rings. The minimum Gasteiger partial charge on any atom is -0.497 e. The lowest BCUT2D eigenvalue weighted by atomic mass is 10.2. The Labute approximate surface area is 143 Å². The highest BCUT2D eigenvalue weighted by Gasteiger charge is 2.07. The summed E-state index contributed by atoms with van der Waals surface area (Å²) in [5.41, 5.74) is 1.80. The number of nitrogens with zero attached hydrogens (tertiary/aromatic N) is 3. The van der Waals surface area contributed by atoms with Gasteiger partial charge in [0.1, 0.15) is 5.75 Å². The average molecular weight is 345 g/mol. The van der Waals surface area contributed by atoms with Crippen molar-refractivity contribution in [3.8, 4) is 17.1 Å². The zero-order valence-electron chi connectivity index (χ0n) is 12.2. The fourth-order valence-electron chi connectivity index (χ4n) is 2.00. The highest BCUT2D eigenvalue weighted by molar-refractivity contribution is 7.71. The molecule has 1 heterocycles. The van der Waals surface area contributed by atoms with Gasteiger partial charge in [0.15, 0.2) is 5.82 Å². The molecule has 0 bridgehead atoms. The second kappa shape index (κ2) is 6.76. The van der Waals surface area contributed by atoms with E-state index >= 15 is 0 Å². The van der Waals surface area contributed by atoms with E-state index in [1.807, 2.05) is 36.4 Å². The molecule has 0 saturated heterocycles. The van der Waals surface area contributed by atoms with Crippen LogP contribution in [-0.2, 0) is 0 Å². The van der Waals surface area contributed by atoms with Crippen LogP contribution in [0.4, 0.5) is 0 Å². The Hall–Kier alpha value is -2.44. The molecule has 0 amide bonds. The molecule has 0 aliphatic carbocycles. The van der Waals surface area contributed by atoms with Crippen LogP contribution in [-0.4, -0.2) is 28.2 Å². The molecule has 116 valence electrons. The van der Waals surface area contributed by atoms with E-state index in [1.165, 1.54) is 0 Å². The van der Waals surface area contributed by atoms with Gasteiger partial charge >= 0.3 is 0 Å². The van der Waals surface area contributed by atoms with Crippen molar-refractivity contribution < 1.29 is 4.74 Å². The molecule has 2 aromatic carbocycles. The van der Waals surface area contributed by atoms with Crippen LogP contribution in [0.15, 0.2) is 53.6 Å². The lowest BCUT2D eigenvalue weighted by molar-refractivity contribution is 0.415. The van der Waals surface area contributed by atoms with Crippen molar-refractivity contribution in [3.05, 3.63) is 63.9 Å². The molecular formula is C16H13ClN4OS. The van der Waals surface area contributed by atoms with Crippen molar-refractivity contribution in [1.29, 1.82) is 0 Å². The molecule has 7 heteroatoms. The van der Waals surface area contributed by atoms with Crippen LogP contribution in [0.1, 0.15) is 5.56 Å². The second-order valence-electron chi connectivity index (χ2n) is 4.69. The lowest BCUT2D eigenvalue weighted by Crippen LogP contribution is -1.95. The van der Waals surface area contributed by atoms with Gasteiger partial charge in [-0.2, -0.15) is 14.9 Å². The van der Waals surface area contributed by atoms with Gasteiger partial charge < -0.3 is 4.74 Å². The SMILES string of the molecule is COc1ccc(/C=N\n2c(-c3ccc(Cl)cc3)n[nH]c2=S)cc1. The van der Waals surface area contributed by atoms with Crippen LogP contribution in [0, 0.1) is 4.77 Å². The monoisotopic (exact) mass is 344 g/mol. The Bertz CT molecular complexity index is 882. The first-order valence-corrected chi connectivity index (χ1v) is 7.58. The van der Waals surface area contributed by atoms with Gasteiger partial charge in [-0.1, -0.05) is 11.6 Å². The predicted molar refractivity (Wildman–Crippen MR) is 93.8 cm³/mol. The van der Waals surface area contributed by atoms with Gasteiger partial charge in [-0.05, 0) is 66.3 Å². The number of benzene rings is 2. The maximum absolute atomic E-state index is 5.91. The summed E-state index contributed by atoms with van der Waals surface area (Å²) in [6.45, 7) is 0. The molecule has 0 unspecified atom stereocenters. The molecule has 1 aromatic heterocycles. The van der Waals surface area contributed by atoms with Gasteiger partial charge in [-0.15, -0.1) is 0 Å². The summed E-state index contributed by atoms with van der Waals surface area (Å²) in [5.74, 6) is 1.42. The number of rotatable bonds is 4. The molecule has 0 fully saturated rings. The van der Waals surface area contributed by atoms with Gasteiger partial charge in [-0.3, -0.25) is 0 Å². The highest BCUT2D eigenvalue weighted by Crippen LogP contribution is 2.20. The van der Waals surface area contributed by atoms with Gasteiger partial charge in [0.2, 0.25) is 4.77 Å². The summed E-state index contributed by atoms with van der Waals surface area (Å²) >= 11 is 11.2. The first kappa shape index (κ1) is 15.5. The molecule has 0 saturated carbocycles. The van der Waals surface area contributed by atoms with E-state index in [4.69, 9.17) is 28.6 Å². The molecule has 0 radical (unpaired) electrons. The maximum atomic E-state index is 5.91. The summed E-state index contributed by atoms with van der Waals surface area (Å²) in [7, 11) is 1.63. The highest BCUT2D eigenvalue weighted by atomic mass is 35.5. The molecule has 0 spiro atoms. The van der Waals surface area contributed by atoms with Gasteiger partial charge in [0.25, 0.3) is 0 Å². The van der Waals surface area contributed by atoms with E-state index in [9.17, 15) is 0 Å². The number of halogens is 1. The van der Waals surface area contributed by atoms with Crippen LogP contribution < -0.4 is 4.74 Å². The minimum absolute atomic E-state index is 0.416. The number of aromatic amines is 1. The summed E-state index contributed by atoms with van der Waals surface area (Å²) in [4.78, 5) is 0. The van der Waals surface area contributed by atoms with Crippen molar-refractivity contribution in [1.82, 2.24) is 14.9 Å². The van der Waals surface area contributed by atoms with E-state index in [0.29, 0.717) is 15.6 Å². The Balaban J connectivity index is 1.93. The van der Waals surface area contributed by atoms with Crippen LogP contribution in [0.5, 0.6) is 5.75 Å². The van der Waals surface area contributed by atoms with Crippen molar-refractivity contribution in [3.63, 3.8) is 0 Å². The largest absolute Gasteiger partial charge is 0.497 e. The molecule has 3 aromatic rings. The molecule has 0 aliphatic heterocycles. The average Bonchev–Trinajstić information content (AvgIpc) is 2.95. The first-order valence-electron chi connectivity index (χ1n) is 6.79. The van der Waals surface area contributed by atoms with E-state index in [-0.39, 0.29) is 0 Å². The number of hydrogen-bond acceptors (Lipinski definition) is 4. The minimum atomic E-state index is 0.416. The van der Waals surface area contributed by atoms with Gasteiger partial charge in [0.05, 0.1) is 13.3 Å². The fraction of sp³-hybridized carbons (Fsp3) is 0.0625. The van der Waals surface area contributed by atoms with Gasteiger partial charge in [0, 0.05) is 10.6 Å². The number of ether oxygens (including phenoxy) is 1. The summed E-state index contributed by atoms with van der Waals surface area (Å²) in [6.07, 6.45) is 1.71. The third-order valence-electron chi connectivity index (χ3n) is 3.19. The number of aromatic nitrogens is 3. The molecule has 3 rings (SSSR count). The van der Waals surface area contributed by atoms with Crippen LogP contribution in [0.25, 0.3) is 11.4 Å². The molecular weight excluding hydrogens is 332 g/mol. The van der Waals surface area contributed by atoms with Crippen LogP contribution in [0.3, 0.4) is 0 Å². The number of H-pyrrole nitrogens is 1. The van der Waals surface area contributed by atoms with Crippen LogP contribution in [0.2, 0.25) is 5.02 Å². The van der Waals surface area contributed by atoms with Crippen molar-refractivity contribution in [2.24, 2.45) is 5.10 Å². The standard InChI is InChI=1S/C16H13ClN4OS/c1-22-14-8-2-11(3-9-14)10-18-21-15(19-20-16(21)23)12-4-6-13(17)7-5-12/h2-10H,1H3,(H,20,23)/b18-10-. The van der Waals surface area contributed by atoms with Crippen molar-refractivity contribution in [2.75, 3.05) is 7.11 Å². The topological polar surface area (TPSA) is 55.2 Å². The molecule has 23 heavy (non-hydrogen) atoms. The molecule has 0 atom stereocenters. The summed E-state index contributed by atoms with van der Waals surface area (Å²) in [5, 5.41) is 12.1. The van der Waals surface area contributed by atoms with E-state index in [1.54, 1.807) is 30.1 Å². The fourth-order valence-corrected chi connectivity index (χ4v) is 2.30. The molecule has 5 nitrogen and oxygen atoms in total. The zero-order chi connectivity index (χ0) is 16.2. The number of nitrogens with one attached hydrogen (secondary N) is 1. The third-order valence-corrected chi connectivity index (χ3v) is 3.71. The van der Waals surface area contributed by atoms with Gasteiger partial charge in [-0.25, -0.2) is 5.10 Å². The Kier molecular flexibility index (Phi) is 4.55. The van der Waals surface area contributed by atoms with Crippen molar-refractivity contribution in [2.45, 2.75) is 0 Å². The quantitative estimate of drug-likeness (QED) is 0.571. The lowest BCUT2D eigenvalue weighted by Gasteiger charge is -2.02. The maximum Gasteiger partial charge on any atom is 0.216 e. The Morgan fingerprint density at radius 3 is 2.52 bits per heavy atom. The Morgan fingerprint density at radius 1 is 1.17 bits per heavy atom. The second-order valence-corrected chi connectivity index (χ2v) is 5.51. The summed E-state index contributed by atoms with van der Waals surface area (Å²) < 4.78 is 7.12. The number of hydrogen-bond donors (Lipinski definition) is 1. The first-order chi connectivity index (χ1) is 11.2. The smallest absolute Gasteiger partial charge is 0.216 e. The van der Waals surface area contributed by atoms with Crippen LogP contribution >= 0.6 is 23.8 Å². The third kappa shape index (κ3) is 3.49. The normalized spacial score (nSPS) is 11.0. The Morgan fingerprint density at radius 2 is 1.87 bits per heavy atom. The predicted octanol–water partition coefficient (Wildman–Crippen LogP) is 4.15. The number of methoxy groups -OCH3 is 1. The van der Waals surface area contributed by atoms with Crippen molar-refractivity contribution >= 4 is 30.0 Å². The van der Waals surface area contributed by atoms with E-state index in [0.717, 1.165) is 16.9 Å². The molecule has 1 N–H and O–H groups in total. The zero-order valence-corrected chi connectivity index (χ0v) is 13.8. The van der Waals surface area contributed by atoms with E-state index in [2.05, 4.69) is 15.3 Å².